The Morgan fingerprint density at radius 2 is 1.84 bits per heavy atom. The Labute approximate surface area is 202 Å². The van der Waals surface area contributed by atoms with E-state index < -0.39 is 0 Å². The second-order valence-electron chi connectivity index (χ2n) is 9.42. The highest BCUT2D eigenvalue weighted by atomic mass is 32.2. The van der Waals surface area contributed by atoms with Crippen LogP contribution in [0, 0.1) is 12.8 Å². The number of aromatic nitrogens is 2. The van der Waals surface area contributed by atoms with E-state index in [1.54, 1.807) is 11.3 Å². The number of fused-ring (bicyclic) bond motifs is 1. The topological polar surface area (TPSA) is 47.0 Å². The molecule has 2 fully saturated rings. The van der Waals surface area contributed by atoms with E-state index in [9.17, 15) is 0 Å². The Balaban J connectivity index is 0.000000230. The molecule has 0 radical (unpaired) electrons. The Bertz CT molecular complexity index is 817. The molecule has 5 rings (SSSR count). The van der Waals surface area contributed by atoms with Gasteiger partial charge >= 0.3 is 0 Å². The molecule has 1 saturated carbocycles. The summed E-state index contributed by atoms with van der Waals surface area (Å²) in [6.07, 6.45) is 16.3. The third kappa shape index (κ3) is 7.19. The van der Waals surface area contributed by atoms with E-state index >= 15 is 0 Å². The number of thiazole rings is 1. The number of hydrogen-bond acceptors (Lipinski definition) is 6. The highest BCUT2D eigenvalue weighted by molar-refractivity contribution is 8.00. The van der Waals surface area contributed by atoms with Gasteiger partial charge in [-0.25, -0.2) is 9.97 Å². The minimum atomic E-state index is 0.655. The SMILES string of the molecule is CCCC1CCCCC1.Cc1cc(SC2CCOCC2)cc(Nc2nc3c(s2)CCC3)n1. The smallest absolute Gasteiger partial charge is 0.188 e. The molecule has 0 aromatic carbocycles. The molecule has 0 bridgehead atoms. The van der Waals surface area contributed by atoms with Crippen LogP contribution in [0.3, 0.4) is 0 Å². The van der Waals surface area contributed by atoms with Crippen LogP contribution in [0.15, 0.2) is 17.0 Å². The molecule has 0 amide bonds. The van der Waals surface area contributed by atoms with Gasteiger partial charge in [0.15, 0.2) is 5.13 Å². The molecular weight excluding hydrogens is 434 g/mol. The Morgan fingerprint density at radius 3 is 2.59 bits per heavy atom. The zero-order valence-electron chi connectivity index (χ0n) is 19.8. The minimum Gasteiger partial charge on any atom is -0.381 e. The molecule has 176 valence electrons. The number of ether oxygens (including phenoxy) is 1. The summed E-state index contributed by atoms with van der Waals surface area (Å²) in [6, 6.07) is 4.33. The van der Waals surface area contributed by atoms with Crippen molar-refractivity contribution >= 4 is 34.0 Å². The van der Waals surface area contributed by atoms with E-state index in [1.165, 1.54) is 73.3 Å². The van der Waals surface area contributed by atoms with Gasteiger partial charge in [0.05, 0.1) is 5.69 Å². The number of pyridine rings is 1. The number of nitrogens with one attached hydrogen (secondary N) is 1. The molecule has 32 heavy (non-hydrogen) atoms. The van der Waals surface area contributed by atoms with E-state index in [0.717, 1.165) is 55.0 Å². The third-order valence-electron chi connectivity index (χ3n) is 6.65. The number of rotatable bonds is 6. The van der Waals surface area contributed by atoms with Crippen LogP contribution >= 0.6 is 23.1 Å². The van der Waals surface area contributed by atoms with Gasteiger partial charge in [0.25, 0.3) is 0 Å². The fourth-order valence-corrected chi connectivity index (χ4v) is 7.28. The summed E-state index contributed by atoms with van der Waals surface area (Å²) in [6.45, 7) is 6.13. The number of thioether (sulfide) groups is 1. The maximum atomic E-state index is 5.45. The monoisotopic (exact) mass is 473 g/mol. The van der Waals surface area contributed by atoms with Gasteiger partial charge < -0.3 is 10.1 Å². The molecule has 2 aliphatic carbocycles. The molecule has 6 heteroatoms. The van der Waals surface area contributed by atoms with Gasteiger partial charge in [-0.1, -0.05) is 51.9 Å². The van der Waals surface area contributed by atoms with E-state index in [1.807, 2.05) is 11.8 Å². The zero-order valence-corrected chi connectivity index (χ0v) is 21.5. The van der Waals surface area contributed by atoms with Crippen LogP contribution in [-0.4, -0.2) is 28.4 Å². The zero-order chi connectivity index (χ0) is 22.2. The van der Waals surface area contributed by atoms with Crippen molar-refractivity contribution in [3.63, 3.8) is 0 Å². The van der Waals surface area contributed by atoms with E-state index in [-0.39, 0.29) is 0 Å². The minimum absolute atomic E-state index is 0.655. The second kappa shape index (κ2) is 12.4. The van der Waals surface area contributed by atoms with Crippen molar-refractivity contribution in [1.82, 2.24) is 9.97 Å². The maximum Gasteiger partial charge on any atom is 0.188 e. The summed E-state index contributed by atoms with van der Waals surface area (Å²) in [5, 5.41) is 5.05. The molecule has 4 nitrogen and oxygen atoms in total. The average molecular weight is 474 g/mol. The molecule has 0 atom stereocenters. The number of anilines is 2. The molecule has 2 aromatic heterocycles. The molecular formula is C26H39N3OS2. The van der Waals surface area contributed by atoms with Gasteiger partial charge in [0.2, 0.25) is 0 Å². The predicted octanol–water partition coefficient (Wildman–Crippen LogP) is 7.72. The molecule has 0 spiro atoms. The summed E-state index contributed by atoms with van der Waals surface area (Å²) in [5.74, 6) is 2.01. The van der Waals surface area contributed by atoms with Crippen LogP contribution in [0.25, 0.3) is 0 Å². The highest BCUT2D eigenvalue weighted by Gasteiger charge is 2.18. The first-order valence-corrected chi connectivity index (χ1v) is 14.4. The van der Waals surface area contributed by atoms with Crippen LogP contribution in [0.2, 0.25) is 0 Å². The normalized spacial score (nSPS) is 19.3. The molecule has 0 unspecified atom stereocenters. The lowest BCUT2D eigenvalue weighted by atomic mass is 9.86. The van der Waals surface area contributed by atoms with Crippen LogP contribution in [0.4, 0.5) is 10.9 Å². The van der Waals surface area contributed by atoms with Gasteiger partial charge in [-0.2, -0.15) is 0 Å². The highest BCUT2D eigenvalue weighted by Crippen LogP contribution is 2.34. The quantitative estimate of drug-likeness (QED) is 0.465. The number of hydrogen-bond donors (Lipinski definition) is 1. The summed E-state index contributed by atoms with van der Waals surface area (Å²) < 4.78 is 5.45. The molecule has 3 aliphatic rings. The molecule has 1 N–H and O–H groups in total. The Morgan fingerprint density at radius 1 is 1.03 bits per heavy atom. The van der Waals surface area contributed by atoms with E-state index in [4.69, 9.17) is 9.72 Å². The van der Waals surface area contributed by atoms with Crippen molar-refractivity contribution < 1.29 is 4.74 Å². The largest absolute Gasteiger partial charge is 0.381 e. The molecule has 1 aliphatic heterocycles. The molecule has 1 saturated heterocycles. The predicted molar refractivity (Wildman–Crippen MR) is 138 cm³/mol. The Kier molecular flexibility index (Phi) is 9.30. The fraction of sp³-hybridized carbons (Fsp3) is 0.692. The molecule has 2 aromatic rings. The van der Waals surface area contributed by atoms with Crippen molar-refractivity contribution in [1.29, 1.82) is 0 Å². The first-order valence-electron chi connectivity index (χ1n) is 12.7. The van der Waals surface area contributed by atoms with Crippen LogP contribution in [0.1, 0.15) is 87.4 Å². The standard InChI is InChI=1S/C17H21N3OS2.C9H18/c1-11-9-13(22-12-5-7-21-8-6-12)10-16(18-11)20-17-19-14-3-2-4-15(14)23-17;1-2-6-9-7-4-3-5-8-9/h9-10,12H,2-8H2,1H3,(H,18,19,20);9H,2-8H2,1H3. The third-order valence-corrected chi connectivity index (χ3v) is 9.04. The summed E-state index contributed by atoms with van der Waals surface area (Å²) >= 11 is 3.73. The maximum absolute atomic E-state index is 5.45. The van der Waals surface area contributed by atoms with Crippen molar-refractivity contribution in [3.8, 4) is 0 Å². The van der Waals surface area contributed by atoms with Crippen LogP contribution in [-0.2, 0) is 17.6 Å². The summed E-state index contributed by atoms with van der Waals surface area (Å²) in [7, 11) is 0. The van der Waals surface area contributed by atoms with Crippen molar-refractivity contribution in [2.75, 3.05) is 18.5 Å². The average Bonchev–Trinajstić information content (AvgIpc) is 3.37. The van der Waals surface area contributed by atoms with Crippen LogP contribution in [0.5, 0.6) is 0 Å². The van der Waals surface area contributed by atoms with Gasteiger partial charge in [-0.05, 0) is 57.1 Å². The van der Waals surface area contributed by atoms with Gasteiger partial charge in [0.1, 0.15) is 5.82 Å². The van der Waals surface area contributed by atoms with E-state index in [2.05, 4.69) is 36.3 Å². The van der Waals surface area contributed by atoms with Gasteiger partial charge in [-0.15, -0.1) is 23.1 Å². The molecule has 3 heterocycles. The van der Waals surface area contributed by atoms with Gasteiger partial charge in [0, 0.05) is 33.9 Å². The van der Waals surface area contributed by atoms with Crippen molar-refractivity contribution in [2.45, 2.75) is 101 Å². The summed E-state index contributed by atoms with van der Waals surface area (Å²) in [5.41, 5.74) is 2.33. The first-order chi connectivity index (χ1) is 15.7. The van der Waals surface area contributed by atoms with E-state index in [0.29, 0.717) is 5.25 Å². The van der Waals surface area contributed by atoms with Crippen molar-refractivity contribution in [2.24, 2.45) is 5.92 Å². The Hall–Kier alpha value is -1.11. The van der Waals surface area contributed by atoms with Gasteiger partial charge in [-0.3, -0.25) is 0 Å². The van der Waals surface area contributed by atoms with Crippen molar-refractivity contribution in [3.05, 3.63) is 28.4 Å². The number of nitrogens with zero attached hydrogens (tertiary/aromatic N) is 2. The lowest BCUT2D eigenvalue weighted by Crippen LogP contribution is -2.17. The number of aryl methyl sites for hydroxylation is 3. The second-order valence-corrected chi connectivity index (χ2v) is 11.9. The lowest BCUT2D eigenvalue weighted by molar-refractivity contribution is 0.100. The fourth-order valence-electron chi connectivity index (χ4n) is 4.99. The summed E-state index contributed by atoms with van der Waals surface area (Å²) in [4.78, 5) is 12.1. The van der Waals surface area contributed by atoms with Crippen LogP contribution < -0.4 is 5.32 Å². The lowest BCUT2D eigenvalue weighted by Gasteiger charge is -2.21. The first kappa shape index (κ1) is 24.0.